The molecule has 2 aromatic rings. The first-order valence-corrected chi connectivity index (χ1v) is 8.43. The zero-order chi connectivity index (χ0) is 20.2. The molecule has 1 N–H and O–H groups in total. The molecule has 0 saturated carbocycles. The number of methoxy groups -OCH3 is 1. The maximum atomic E-state index is 11.9. The van der Waals surface area contributed by atoms with E-state index < -0.39 is 18.5 Å². The Morgan fingerprint density at radius 1 is 0.857 bits per heavy atom. The predicted molar refractivity (Wildman–Crippen MR) is 99.6 cm³/mol. The molecule has 28 heavy (non-hydrogen) atoms. The summed E-state index contributed by atoms with van der Waals surface area (Å²) in [7, 11) is 1.20. The quantitative estimate of drug-likeness (QED) is 0.622. The zero-order valence-corrected chi connectivity index (χ0v) is 15.4. The molecule has 2 rings (SSSR count). The van der Waals surface area contributed by atoms with Crippen LogP contribution in [-0.4, -0.2) is 44.8 Å². The summed E-state index contributed by atoms with van der Waals surface area (Å²) in [5, 5.41) is 2.70. The third-order valence-corrected chi connectivity index (χ3v) is 3.42. The fraction of sp³-hybridized carbons (Fsp3) is 0.250. The van der Waals surface area contributed by atoms with Crippen LogP contribution in [0.2, 0.25) is 0 Å². The van der Waals surface area contributed by atoms with Gasteiger partial charge in [-0.25, -0.2) is 9.59 Å². The van der Waals surface area contributed by atoms with Crippen LogP contribution in [0.5, 0.6) is 5.75 Å². The molecule has 1 amide bonds. The van der Waals surface area contributed by atoms with Crippen molar-refractivity contribution in [2.45, 2.75) is 6.61 Å². The number of carbonyl (C=O) groups is 3. The van der Waals surface area contributed by atoms with Crippen LogP contribution < -0.4 is 10.1 Å². The Hall–Kier alpha value is -3.39. The summed E-state index contributed by atoms with van der Waals surface area (Å²) in [5.74, 6) is -1.22. The molecular formula is C20H21NO7. The lowest BCUT2D eigenvalue weighted by Gasteiger charge is -2.09. The molecule has 0 aliphatic rings. The van der Waals surface area contributed by atoms with Crippen molar-refractivity contribution in [3.8, 4) is 5.75 Å². The van der Waals surface area contributed by atoms with Crippen LogP contribution in [0, 0.1) is 0 Å². The zero-order valence-electron chi connectivity index (χ0n) is 15.4. The highest BCUT2D eigenvalue weighted by atomic mass is 16.6. The first-order valence-electron chi connectivity index (χ1n) is 8.43. The van der Waals surface area contributed by atoms with Crippen molar-refractivity contribution in [1.82, 2.24) is 0 Å². The summed E-state index contributed by atoms with van der Waals surface area (Å²) in [5.41, 5.74) is 1.55. The second-order valence-corrected chi connectivity index (χ2v) is 5.58. The van der Waals surface area contributed by atoms with E-state index in [-0.39, 0.29) is 19.1 Å². The number of esters is 2. The van der Waals surface area contributed by atoms with E-state index in [9.17, 15) is 14.4 Å². The number of hydrogen-bond acceptors (Lipinski definition) is 7. The van der Waals surface area contributed by atoms with Gasteiger partial charge >= 0.3 is 11.9 Å². The van der Waals surface area contributed by atoms with E-state index in [0.717, 1.165) is 5.56 Å². The number of carbonyl (C=O) groups excluding carboxylic acids is 3. The van der Waals surface area contributed by atoms with Gasteiger partial charge in [0.25, 0.3) is 0 Å². The standard InChI is InChI=1S/C20H21NO7/c1-25-19(23)13-28-20(24)14-27-17-9-7-16(8-10-17)21-18(22)12-26-11-15-5-3-2-4-6-15/h2-10H,11-14H2,1H3,(H,21,22). The molecule has 0 fully saturated rings. The van der Waals surface area contributed by atoms with Crippen molar-refractivity contribution < 1.29 is 33.3 Å². The van der Waals surface area contributed by atoms with E-state index in [1.165, 1.54) is 7.11 Å². The monoisotopic (exact) mass is 387 g/mol. The summed E-state index contributed by atoms with van der Waals surface area (Å²) in [4.78, 5) is 34.2. The van der Waals surface area contributed by atoms with E-state index in [4.69, 9.17) is 9.47 Å². The Bertz CT molecular complexity index is 775. The van der Waals surface area contributed by atoms with Gasteiger partial charge in [-0.3, -0.25) is 4.79 Å². The summed E-state index contributed by atoms with van der Waals surface area (Å²) in [6, 6.07) is 16.0. The van der Waals surface area contributed by atoms with Crippen molar-refractivity contribution in [1.29, 1.82) is 0 Å². The molecule has 8 heteroatoms. The third-order valence-electron chi connectivity index (χ3n) is 3.42. The van der Waals surface area contributed by atoms with Crippen molar-refractivity contribution in [2.75, 3.05) is 32.2 Å². The maximum Gasteiger partial charge on any atom is 0.344 e. The molecule has 0 unspecified atom stereocenters. The van der Waals surface area contributed by atoms with Gasteiger partial charge in [-0.1, -0.05) is 30.3 Å². The van der Waals surface area contributed by atoms with Crippen LogP contribution in [0.15, 0.2) is 54.6 Å². The van der Waals surface area contributed by atoms with Gasteiger partial charge in [0.05, 0.1) is 13.7 Å². The summed E-state index contributed by atoms with van der Waals surface area (Å²) < 4.78 is 19.6. The summed E-state index contributed by atoms with van der Waals surface area (Å²) >= 11 is 0. The van der Waals surface area contributed by atoms with Crippen molar-refractivity contribution in [3.05, 3.63) is 60.2 Å². The average molecular weight is 387 g/mol. The number of amides is 1. The van der Waals surface area contributed by atoms with Crippen LogP contribution in [0.1, 0.15) is 5.56 Å². The van der Waals surface area contributed by atoms with Gasteiger partial charge in [0.2, 0.25) is 5.91 Å². The van der Waals surface area contributed by atoms with Gasteiger partial charge in [-0.05, 0) is 29.8 Å². The Balaban J connectivity index is 1.68. The molecule has 8 nitrogen and oxygen atoms in total. The molecule has 0 bridgehead atoms. The molecule has 0 aliphatic carbocycles. The number of benzene rings is 2. The highest BCUT2D eigenvalue weighted by Crippen LogP contribution is 2.15. The summed E-state index contributed by atoms with van der Waals surface area (Å²) in [6.07, 6.45) is 0. The van der Waals surface area contributed by atoms with E-state index in [2.05, 4.69) is 14.8 Å². The van der Waals surface area contributed by atoms with Gasteiger partial charge in [0.1, 0.15) is 12.4 Å². The highest BCUT2D eigenvalue weighted by Gasteiger charge is 2.09. The van der Waals surface area contributed by atoms with E-state index in [1.54, 1.807) is 24.3 Å². The number of rotatable bonds is 10. The SMILES string of the molecule is COC(=O)COC(=O)COc1ccc(NC(=O)COCc2ccccc2)cc1. The summed E-state index contributed by atoms with van der Waals surface area (Å²) in [6.45, 7) is -0.529. The first kappa shape index (κ1) is 20.9. The second kappa shape index (κ2) is 11.3. The smallest absolute Gasteiger partial charge is 0.344 e. The van der Waals surface area contributed by atoms with Crippen LogP contribution in [0.25, 0.3) is 0 Å². The average Bonchev–Trinajstić information content (AvgIpc) is 2.72. The Morgan fingerprint density at radius 3 is 2.25 bits per heavy atom. The predicted octanol–water partition coefficient (Wildman–Crippen LogP) is 1.94. The van der Waals surface area contributed by atoms with Crippen LogP contribution in [0.4, 0.5) is 5.69 Å². The Labute approximate surface area is 162 Å². The molecule has 2 aromatic carbocycles. The molecule has 0 aliphatic heterocycles. The lowest BCUT2D eigenvalue weighted by atomic mass is 10.2. The van der Waals surface area contributed by atoms with Gasteiger partial charge in [0.15, 0.2) is 13.2 Å². The van der Waals surface area contributed by atoms with Crippen LogP contribution in [0.3, 0.4) is 0 Å². The molecule has 148 valence electrons. The topological polar surface area (TPSA) is 100 Å². The van der Waals surface area contributed by atoms with E-state index in [0.29, 0.717) is 18.0 Å². The molecular weight excluding hydrogens is 366 g/mol. The number of hydrogen-bond donors (Lipinski definition) is 1. The Morgan fingerprint density at radius 2 is 1.57 bits per heavy atom. The second-order valence-electron chi connectivity index (χ2n) is 5.58. The molecule has 0 spiro atoms. The fourth-order valence-electron chi connectivity index (χ4n) is 2.05. The first-order chi connectivity index (χ1) is 13.6. The molecule has 0 atom stereocenters. The normalized spacial score (nSPS) is 10.0. The van der Waals surface area contributed by atoms with E-state index in [1.807, 2.05) is 30.3 Å². The maximum absolute atomic E-state index is 11.9. The van der Waals surface area contributed by atoms with Gasteiger partial charge in [-0.15, -0.1) is 0 Å². The minimum atomic E-state index is -0.696. The minimum Gasteiger partial charge on any atom is -0.482 e. The largest absolute Gasteiger partial charge is 0.482 e. The minimum absolute atomic E-state index is 0.0703. The Kier molecular flexibility index (Phi) is 8.48. The van der Waals surface area contributed by atoms with Gasteiger partial charge in [0, 0.05) is 5.69 Å². The number of anilines is 1. The molecule has 0 saturated heterocycles. The number of nitrogens with one attached hydrogen (secondary N) is 1. The fourth-order valence-corrected chi connectivity index (χ4v) is 2.05. The van der Waals surface area contributed by atoms with Gasteiger partial charge < -0.3 is 24.3 Å². The lowest BCUT2D eigenvalue weighted by molar-refractivity contribution is -0.158. The van der Waals surface area contributed by atoms with E-state index >= 15 is 0 Å². The lowest BCUT2D eigenvalue weighted by Crippen LogP contribution is -2.20. The third kappa shape index (κ3) is 7.88. The van der Waals surface area contributed by atoms with Gasteiger partial charge in [-0.2, -0.15) is 0 Å². The van der Waals surface area contributed by atoms with Crippen molar-refractivity contribution in [2.24, 2.45) is 0 Å². The van der Waals surface area contributed by atoms with Crippen molar-refractivity contribution >= 4 is 23.5 Å². The molecule has 0 radical (unpaired) electrons. The van der Waals surface area contributed by atoms with Crippen molar-refractivity contribution in [3.63, 3.8) is 0 Å². The highest BCUT2D eigenvalue weighted by molar-refractivity contribution is 5.91. The van der Waals surface area contributed by atoms with Crippen LogP contribution in [-0.2, 0) is 35.2 Å². The molecule has 0 heterocycles. The molecule has 0 aromatic heterocycles. The number of ether oxygens (including phenoxy) is 4. The van der Waals surface area contributed by atoms with Crippen LogP contribution >= 0.6 is 0 Å².